The van der Waals surface area contributed by atoms with Gasteiger partial charge < -0.3 is 9.42 Å². The zero-order valence-corrected chi connectivity index (χ0v) is 11.5. The molecule has 0 aliphatic heterocycles. The Balaban J connectivity index is 1.99. The van der Waals surface area contributed by atoms with Crippen molar-refractivity contribution < 1.29 is 9.32 Å². The lowest BCUT2D eigenvalue weighted by atomic mass is 9.94. The predicted molar refractivity (Wildman–Crippen MR) is 69.3 cm³/mol. The van der Waals surface area contributed by atoms with E-state index in [2.05, 4.69) is 5.16 Å². The molecule has 4 nitrogen and oxygen atoms in total. The Morgan fingerprint density at radius 2 is 2.00 bits per heavy atom. The molecule has 4 heteroatoms. The molecule has 1 aliphatic rings. The Morgan fingerprint density at radius 3 is 2.56 bits per heavy atom. The second kappa shape index (κ2) is 5.55. The molecule has 2 rings (SSSR count). The van der Waals surface area contributed by atoms with E-state index in [1.807, 2.05) is 25.8 Å². The number of likely N-dealkylation sites (N-methyl/N-ethyl adjacent to an activating group) is 1. The molecule has 0 N–H and O–H groups in total. The highest BCUT2D eigenvalue weighted by atomic mass is 16.5. The zero-order valence-electron chi connectivity index (χ0n) is 11.5. The van der Waals surface area contributed by atoms with Gasteiger partial charge in [-0.15, -0.1) is 0 Å². The molecule has 1 heterocycles. The van der Waals surface area contributed by atoms with Crippen molar-refractivity contribution in [1.29, 1.82) is 0 Å². The smallest absolute Gasteiger partial charge is 0.227 e. The van der Waals surface area contributed by atoms with E-state index in [1.54, 1.807) is 0 Å². The number of hydrogen-bond donors (Lipinski definition) is 0. The summed E-state index contributed by atoms with van der Waals surface area (Å²) in [6, 6.07) is 0.423. The molecule has 1 saturated carbocycles. The van der Waals surface area contributed by atoms with E-state index in [4.69, 9.17) is 4.52 Å². The SMILES string of the molecule is Cc1noc(C)c1CC(=O)N(C)C1CCCCC1. The quantitative estimate of drug-likeness (QED) is 0.828. The highest BCUT2D eigenvalue weighted by Gasteiger charge is 2.23. The summed E-state index contributed by atoms with van der Waals surface area (Å²) in [6.45, 7) is 3.75. The van der Waals surface area contributed by atoms with Gasteiger partial charge in [-0.3, -0.25) is 4.79 Å². The first-order chi connectivity index (χ1) is 8.59. The van der Waals surface area contributed by atoms with Gasteiger partial charge in [-0.2, -0.15) is 0 Å². The third-order valence-electron chi connectivity index (χ3n) is 4.03. The van der Waals surface area contributed by atoms with Crippen LogP contribution in [0.1, 0.15) is 49.1 Å². The molecule has 1 aromatic heterocycles. The van der Waals surface area contributed by atoms with E-state index in [0.29, 0.717) is 12.5 Å². The van der Waals surface area contributed by atoms with E-state index >= 15 is 0 Å². The van der Waals surface area contributed by atoms with Crippen LogP contribution in [0, 0.1) is 13.8 Å². The van der Waals surface area contributed by atoms with Crippen LogP contribution in [0.15, 0.2) is 4.52 Å². The largest absolute Gasteiger partial charge is 0.361 e. The monoisotopic (exact) mass is 250 g/mol. The van der Waals surface area contributed by atoms with E-state index < -0.39 is 0 Å². The Labute approximate surface area is 108 Å². The van der Waals surface area contributed by atoms with Crippen LogP contribution in [-0.4, -0.2) is 29.1 Å². The Morgan fingerprint density at radius 1 is 1.33 bits per heavy atom. The summed E-state index contributed by atoms with van der Waals surface area (Å²) in [5.41, 5.74) is 1.78. The fraction of sp³-hybridized carbons (Fsp3) is 0.714. The molecular weight excluding hydrogens is 228 g/mol. The van der Waals surface area contributed by atoms with Crippen LogP contribution >= 0.6 is 0 Å². The third-order valence-corrected chi connectivity index (χ3v) is 4.03. The van der Waals surface area contributed by atoms with Gasteiger partial charge in [0.05, 0.1) is 12.1 Å². The van der Waals surface area contributed by atoms with Gasteiger partial charge >= 0.3 is 0 Å². The summed E-state index contributed by atoms with van der Waals surface area (Å²) < 4.78 is 5.10. The summed E-state index contributed by atoms with van der Waals surface area (Å²) in [7, 11) is 1.93. The second-order valence-electron chi connectivity index (χ2n) is 5.28. The molecule has 1 amide bonds. The topological polar surface area (TPSA) is 46.3 Å². The molecule has 100 valence electrons. The summed E-state index contributed by atoms with van der Waals surface area (Å²) in [5, 5.41) is 3.90. The summed E-state index contributed by atoms with van der Waals surface area (Å²) in [5.74, 6) is 0.939. The Hall–Kier alpha value is -1.32. The maximum absolute atomic E-state index is 12.3. The van der Waals surface area contributed by atoms with Crippen molar-refractivity contribution in [3.8, 4) is 0 Å². The lowest BCUT2D eigenvalue weighted by Gasteiger charge is -2.31. The fourth-order valence-electron chi connectivity index (χ4n) is 2.70. The second-order valence-corrected chi connectivity index (χ2v) is 5.28. The maximum atomic E-state index is 12.3. The van der Waals surface area contributed by atoms with Crippen molar-refractivity contribution in [1.82, 2.24) is 10.1 Å². The normalized spacial score (nSPS) is 16.8. The lowest BCUT2D eigenvalue weighted by molar-refractivity contribution is -0.131. The summed E-state index contributed by atoms with van der Waals surface area (Å²) in [4.78, 5) is 14.2. The van der Waals surface area contributed by atoms with Gasteiger partial charge in [-0.25, -0.2) is 0 Å². The Kier molecular flexibility index (Phi) is 4.04. The van der Waals surface area contributed by atoms with Crippen molar-refractivity contribution in [2.45, 2.75) is 58.4 Å². The third kappa shape index (κ3) is 2.74. The average molecular weight is 250 g/mol. The van der Waals surface area contributed by atoms with E-state index in [9.17, 15) is 4.79 Å². The number of aryl methyl sites for hydroxylation is 2. The average Bonchev–Trinajstić information content (AvgIpc) is 2.70. The first-order valence-corrected chi connectivity index (χ1v) is 6.77. The van der Waals surface area contributed by atoms with Crippen molar-refractivity contribution in [2.75, 3.05) is 7.05 Å². The predicted octanol–water partition coefficient (Wildman–Crippen LogP) is 2.63. The van der Waals surface area contributed by atoms with Crippen molar-refractivity contribution in [3.63, 3.8) is 0 Å². The molecule has 0 spiro atoms. The van der Waals surface area contributed by atoms with Gasteiger partial charge in [0.2, 0.25) is 5.91 Å². The van der Waals surface area contributed by atoms with Crippen LogP contribution in [-0.2, 0) is 11.2 Å². The number of aromatic nitrogens is 1. The molecule has 1 fully saturated rings. The molecule has 0 radical (unpaired) electrons. The number of carbonyl (C=O) groups is 1. The van der Waals surface area contributed by atoms with Crippen molar-refractivity contribution >= 4 is 5.91 Å². The van der Waals surface area contributed by atoms with Crippen LogP contribution in [0.5, 0.6) is 0 Å². The van der Waals surface area contributed by atoms with Crippen LogP contribution in [0.3, 0.4) is 0 Å². The number of nitrogens with zero attached hydrogens (tertiary/aromatic N) is 2. The molecule has 1 aliphatic carbocycles. The highest BCUT2D eigenvalue weighted by Crippen LogP contribution is 2.23. The first kappa shape index (κ1) is 13.1. The minimum absolute atomic E-state index is 0.177. The van der Waals surface area contributed by atoms with Crippen LogP contribution in [0.4, 0.5) is 0 Å². The van der Waals surface area contributed by atoms with E-state index in [-0.39, 0.29) is 5.91 Å². The standard InChI is InChI=1S/C14H22N2O2/c1-10-13(11(2)18-15-10)9-14(17)16(3)12-7-5-4-6-8-12/h12H,4-9H2,1-3H3. The first-order valence-electron chi connectivity index (χ1n) is 6.77. The van der Waals surface area contributed by atoms with Crippen LogP contribution in [0.2, 0.25) is 0 Å². The molecule has 0 atom stereocenters. The minimum Gasteiger partial charge on any atom is -0.361 e. The number of carbonyl (C=O) groups excluding carboxylic acids is 1. The Bertz CT molecular complexity index is 400. The van der Waals surface area contributed by atoms with Crippen LogP contribution < -0.4 is 0 Å². The van der Waals surface area contributed by atoms with Crippen molar-refractivity contribution in [2.24, 2.45) is 0 Å². The minimum atomic E-state index is 0.177. The zero-order chi connectivity index (χ0) is 13.1. The molecule has 0 unspecified atom stereocenters. The lowest BCUT2D eigenvalue weighted by Crippen LogP contribution is -2.39. The summed E-state index contributed by atoms with van der Waals surface area (Å²) in [6.07, 6.45) is 6.49. The molecule has 0 saturated heterocycles. The molecule has 0 aromatic carbocycles. The van der Waals surface area contributed by atoms with E-state index in [1.165, 1.54) is 19.3 Å². The number of rotatable bonds is 3. The fourth-order valence-corrected chi connectivity index (χ4v) is 2.70. The van der Waals surface area contributed by atoms with Gasteiger partial charge in [-0.05, 0) is 26.7 Å². The molecule has 18 heavy (non-hydrogen) atoms. The molecule has 0 bridgehead atoms. The van der Waals surface area contributed by atoms with Gasteiger partial charge in [0.15, 0.2) is 0 Å². The number of hydrogen-bond acceptors (Lipinski definition) is 3. The van der Waals surface area contributed by atoms with Gasteiger partial charge in [0.1, 0.15) is 5.76 Å². The van der Waals surface area contributed by atoms with E-state index in [0.717, 1.165) is 29.9 Å². The number of amides is 1. The summed E-state index contributed by atoms with van der Waals surface area (Å²) >= 11 is 0. The highest BCUT2D eigenvalue weighted by molar-refractivity contribution is 5.79. The van der Waals surface area contributed by atoms with Crippen molar-refractivity contribution in [3.05, 3.63) is 17.0 Å². The molecular formula is C14H22N2O2. The molecule has 1 aromatic rings. The van der Waals surface area contributed by atoms with Gasteiger partial charge in [0, 0.05) is 18.7 Å². The maximum Gasteiger partial charge on any atom is 0.227 e. The van der Waals surface area contributed by atoms with Gasteiger partial charge in [-0.1, -0.05) is 24.4 Å². The van der Waals surface area contributed by atoms with Gasteiger partial charge in [0.25, 0.3) is 0 Å². The van der Waals surface area contributed by atoms with Crippen LogP contribution in [0.25, 0.3) is 0 Å².